The van der Waals surface area contributed by atoms with Gasteiger partial charge in [-0.1, -0.05) is 0 Å². The standard InChI is InChI=1S/C26H25F3N4O5/c1-11-19-14(20(19)30-25(37)38-26(2,3)4)9-32(11)23-17(29)8-13-21(34)15(24(35)36)10-33(22(13)31-23)18-6-5-12(27)7-16(18)28/h5-8,10-11,14,19-20H,9H2,1-4H3,(H,30,37)(H,35,36). The van der Waals surface area contributed by atoms with E-state index in [0.29, 0.717) is 12.6 Å². The minimum atomic E-state index is -1.59. The largest absolute Gasteiger partial charge is 0.477 e. The van der Waals surface area contributed by atoms with Gasteiger partial charge in [0.1, 0.15) is 22.8 Å². The average Bonchev–Trinajstić information content (AvgIpc) is 3.35. The van der Waals surface area contributed by atoms with Crippen LogP contribution in [0.3, 0.4) is 0 Å². The van der Waals surface area contributed by atoms with Crippen LogP contribution in [0.25, 0.3) is 16.7 Å². The lowest BCUT2D eigenvalue weighted by atomic mass is 10.1. The Labute approximate surface area is 214 Å². The summed E-state index contributed by atoms with van der Waals surface area (Å²) in [6.45, 7) is 7.48. The third kappa shape index (κ3) is 4.33. The molecule has 2 aliphatic rings. The van der Waals surface area contributed by atoms with E-state index in [1.807, 2.05) is 6.92 Å². The maximum Gasteiger partial charge on any atom is 0.407 e. The third-order valence-corrected chi connectivity index (χ3v) is 6.95. The summed E-state index contributed by atoms with van der Waals surface area (Å²) >= 11 is 0. The lowest BCUT2D eigenvalue weighted by Gasteiger charge is -2.28. The van der Waals surface area contributed by atoms with Crippen molar-refractivity contribution in [3.8, 4) is 5.69 Å². The molecule has 1 aliphatic carbocycles. The van der Waals surface area contributed by atoms with E-state index < -0.39 is 46.1 Å². The Bertz CT molecular complexity index is 1550. The number of alkyl carbamates (subject to hydrolysis) is 1. The van der Waals surface area contributed by atoms with Crippen LogP contribution in [-0.4, -0.2) is 50.9 Å². The average molecular weight is 531 g/mol. The summed E-state index contributed by atoms with van der Waals surface area (Å²) in [6.07, 6.45) is 0.356. The quantitative estimate of drug-likeness (QED) is 0.527. The van der Waals surface area contributed by atoms with E-state index in [4.69, 9.17) is 4.74 Å². The van der Waals surface area contributed by atoms with Crippen LogP contribution in [0.4, 0.5) is 23.8 Å². The summed E-state index contributed by atoms with van der Waals surface area (Å²) in [7, 11) is 0. The molecule has 4 unspecified atom stereocenters. The van der Waals surface area contributed by atoms with Gasteiger partial charge in [0.15, 0.2) is 17.3 Å². The van der Waals surface area contributed by atoms with Crippen molar-refractivity contribution in [3.63, 3.8) is 0 Å². The molecule has 4 atom stereocenters. The van der Waals surface area contributed by atoms with E-state index in [0.717, 1.165) is 29.0 Å². The second-order valence-corrected chi connectivity index (χ2v) is 10.6. The van der Waals surface area contributed by atoms with Gasteiger partial charge in [-0.2, -0.15) is 0 Å². The maximum absolute atomic E-state index is 15.3. The van der Waals surface area contributed by atoms with Crippen LogP contribution in [0.15, 0.2) is 35.3 Å². The Kier molecular flexibility index (Phi) is 5.88. The van der Waals surface area contributed by atoms with Gasteiger partial charge in [0.05, 0.1) is 11.1 Å². The Hall–Kier alpha value is -4.09. The summed E-state index contributed by atoms with van der Waals surface area (Å²) in [5.74, 6) is -4.40. The van der Waals surface area contributed by atoms with Crippen molar-refractivity contribution in [2.24, 2.45) is 11.8 Å². The molecule has 38 heavy (non-hydrogen) atoms. The van der Waals surface area contributed by atoms with Crippen LogP contribution in [0.5, 0.6) is 0 Å². The van der Waals surface area contributed by atoms with E-state index in [1.165, 1.54) is 0 Å². The number of carbonyl (C=O) groups excluding carboxylic acids is 1. The number of aromatic carboxylic acids is 1. The number of pyridine rings is 2. The van der Waals surface area contributed by atoms with Gasteiger partial charge in [0.25, 0.3) is 0 Å². The summed E-state index contributed by atoms with van der Waals surface area (Å²) in [4.78, 5) is 42.7. The van der Waals surface area contributed by atoms with Gasteiger partial charge in [-0.15, -0.1) is 0 Å². The molecule has 0 bridgehead atoms. The first kappa shape index (κ1) is 25.6. The van der Waals surface area contributed by atoms with Gasteiger partial charge < -0.3 is 20.1 Å². The summed E-state index contributed by atoms with van der Waals surface area (Å²) in [5, 5.41) is 12.0. The zero-order chi connectivity index (χ0) is 27.7. The molecule has 1 saturated heterocycles. The maximum atomic E-state index is 15.3. The molecule has 0 spiro atoms. The molecule has 9 nitrogen and oxygen atoms in total. The molecular formula is C26H25F3N4O5. The van der Waals surface area contributed by atoms with Gasteiger partial charge in [0, 0.05) is 42.7 Å². The first-order valence-corrected chi connectivity index (χ1v) is 12.0. The number of amides is 1. The van der Waals surface area contributed by atoms with Crippen molar-refractivity contribution in [3.05, 3.63) is 63.7 Å². The summed E-state index contributed by atoms with van der Waals surface area (Å²) < 4.78 is 49.9. The summed E-state index contributed by atoms with van der Waals surface area (Å²) in [5.41, 5.74) is -2.80. The topological polar surface area (TPSA) is 114 Å². The molecule has 1 saturated carbocycles. The number of halogens is 3. The van der Waals surface area contributed by atoms with Crippen LogP contribution in [0, 0.1) is 29.3 Å². The van der Waals surface area contributed by atoms with Gasteiger partial charge in [-0.3, -0.25) is 9.36 Å². The number of anilines is 1. The Morgan fingerprint density at radius 2 is 1.87 bits per heavy atom. The molecule has 2 N–H and O–H groups in total. The second-order valence-electron chi connectivity index (χ2n) is 10.6. The number of hydrogen-bond donors (Lipinski definition) is 2. The molecule has 12 heteroatoms. The number of hydrogen-bond acceptors (Lipinski definition) is 6. The number of nitrogens with one attached hydrogen (secondary N) is 1. The number of carbonyl (C=O) groups is 2. The molecular weight excluding hydrogens is 505 g/mol. The predicted octanol–water partition coefficient (Wildman–Crippen LogP) is 3.85. The molecule has 2 fully saturated rings. The highest BCUT2D eigenvalue weighted by molar-refractivity contribution is 5.92. The highest BCUT2D eigenvalue weighted by atomic mass is 19.1. The smallest absolute Gasteiger partial charge is 0.407 e. The van der Waals surface area contributed by atoms with E-state index in [-0.39, 0.29) is 46.5 Å². The number of fused-ring (bicyclic) bond motifs is 2. The number of carboxylic acids is 1. The summed E-state index contributed by atoms with van der Waals surface area (Å²) in [6, 6.07) is 3.15. The number of piperidine rings is 1. The van der Waals surface area contributed by atoms with E-state index >= 15 is 4.39 Å². The van der Waals surface area contributed by atoms with Crippen molar-refractivity contribution >= 4 is 28.9 Å². The number of ether oxygens (including phenoxy) is 1. The molecule has 3 aromatic rings. The number of rotatable bonds is 4. The van der Waals surface area contributed by atoms with Crippen molar-refractivity contribution < 1.29 is 32.6 Å². The fourth-order valence-electron chi connectivity index (χ4n) is 5.25. The number of carboxylic acid groups (broad SMARTS) is 1. The molecule has 5 rings (SSSR count). The molecule has 1 aliphatic heterocycles. The molecule has 2 aromatic heterocycles. The van der Waals surface area contributed by atoms with Gasteiger partial charge in [-0.05, 0) is 45.9 Å². The fraction of sp³-hybridized carbons (Fsp3) is 0.385. The van der Waals surface area contributed by atoms with Gasteiger partial charge in [-0.25, -0.2) is 27.7 Å². The minimum absolute atomic E-state index is 0.00513. The van der Waals surface area contributed by atoms with Crippen LogP contribution in [0.1, 0.15) is 38.1 Å². The number of nitrogens with zero attached hydrogens (tertiary/aromatic N) is 3. The normalized spacial score (nSPS) is 22.3. The Morgan fingerprint density at radius 1 is 1.16 bits per heavy atom. The molecule has 200 valence electrons. The molecule has 1 amide bonds. The first-order valence-electron chi connectivity index (χ1n) is 12.0. The van der Waals surface area contributed by atoms with E-state index in [1.54, 1.807) is 25.7 Å². The fourth-order valence-corrected chi connectivity index (χ4v) is 5.25. The van der Waals surface area contributed by atoms with Crippen LogP contribution >= 0.6 is 0 Å². The second kappa shape index (κ2) is 8.74. The van der Waals surface area contributed by atoms with Crippen molar-refractivity contribution in [1.82, 2.24) is 14.9 Å². The Morgan fingerprint density at radius 3 is 2.45 bits per heavy atom. The van der Waals surface area contributed by atoms with Gasteiger partial charge in [0.2, 0.25) is 5.43 Å². The van der Waals surface area contributed by atoms with Crippen LogP contribution in [-0.2, 0) is 4.74 Å². The van der Waals surface area contributed by atoms with Crippen molar-refractivity contribution in [2.45, 2.75) is 45.4 Å². The molecule has 3 heterocycles. The SMILES string of the molecule is CC1C2C(CN1c1nc3c(cc1F)c(=O)c(C(=O)O)cn3-c1ccc(F)cc1F)C2NC(=O)OC(C)(C)C. The third-order valence-electron chi connectivity index (χ3n) is 6.95. The minimum Gasteiger partial charge on any atom is -0.477 e. The lowest BCUT2D eigenvalue weighted by molar-refractivity contribution is 0.0516. The lowest BCUT2D eigenvalue weighted by Crippen LogP contribution is -2.41. The van der Waals surface area contributed by atoms with Gasteiger partial charge >= 0.3 is 12.1 Å². The molecule has 0 radical (unpaired) electrons. The zero-order valence-corrected chi connectivity index (χ0v) is 21.0. The monoisotopic (exact) mass is 530 g/mol. The number of benzene rings is 1. The van der Waals surface area contributed by atoms with Crippen molar-refractivity contribution in [2.75, 3.05) is 11.4 Å². The van der Waals surface area contributed by atoms with Crippen LogP contribution < -0.4 is 15.6 Å². The van der Waals surface area contributed by atoms with E-state index in [9.17, 15) is 28.3 Å². The predicted molar refractivity (Wildman–Crippen MR) is 131 cm³/mol. The highest BCUT2D eigenvalue weighted by Gasteiger charge is 2.61. The molecule has 1 aromatic carbocycles. The van der Waals surface area contributed by atoms with Crippen LogP contribution in [0.2, 0.25) is 0 Å². The Balaban J connectivity index is 1.53. The zero-order valence-electron chi connectivity index (χ0n) is 21.0. The van der Waals surface area contributed by atoms with Crippen molar-refractivity contribution in [1.29, 1.82) is 0 Å². The first-order chi connectivity index (χ1) is 17.8. The number of aromatic nitrogens is 2. The van der Waals surface area contributed by atoms with E-state index in [2.05, 4.69) is 10.3 Å². The highest BCUT2D eigenvalue weighted by Crippen LogP contribution is 2.51.